The van der Waals surface area contributed by atoms with Crippen molar-refractivity contribution in [3.63, 3.8) is 0 Å². The van der Waals surface area contributed by atoms with Crippen molar-refractivity contribution in [1.82, 2.24) is 0 Å². The fourth-order valence-corrected chi connectivity index (χ4v) is 9.12. The van der Waals surface area contributed by atoms with Gasteiger partial charge in [-0.25, -0.2) is 0 Å². The highest BCUT2D eigenvalue weighted by Crippen LogP contribution is 2.70. The van der Waals surface area contributed by atoms with E-state index in [1.54, 1.807) is 0 Å². The number of fused-ring (bicyclic) bond motifs is 7. The molecule has 160 valence electrons. The van der Waals surface area contributed by atoms with Gasteiger partial charge in [-0.3, -0.25) is 4.79 Å². The van der Waals surface area contributed by atoms with E-state index in [0.29, 0.717) is 23.3 Å². The van der Waals surface area contributed by atoms with Gasteiger partial charge in [-0.1, -0.05) is 44.4 Å². The van der Waals surface area contributed by atoms with E-state index in [1.165, 1.54) is 5.57 Å². The van der Waals surface area contributed by atoms with E-state index in [0.717, 1.165) is 71.0 Å². The number of carbonyl (C=O) groups excluding carboxylic acids is 1. The minimum atomic E-state index is -0.394. The molecule has 4 fully saturated rings. The van der Waals surface area contributed by atoms with Gasteiger partial charge >= 0.3 is 0 Å². The van der Waals surface area contributed by atoms with Crippen molar-refractivity contribution >= 4 is 5.78 Å². The summed E-state index contributed by atoms with van der Waals surface area (Å²) in [5.41, 5.74) is 1.30. The highest BCUT2D eigenvalue weighted by atomic mass is 16.7. The van der Waals surface area contributed by atoms with Crippen LogP contribution in [0, 0.1) is 45.3 Å². The lowest BCUT2D eigenvalue weighted by atomic mass is 9.45. The van der Waals surface area contributed by atoms with E-state index in [2.05, 4.69) is 32.1 Å². The second kappa shape index (κ2) is 6.08. The largest absolute Gasteiger partial charge is 0.347 e. The standard InChI is InChI=1S/C26H33NO3/c1-23-15-17(16-27)22(28)25(9-3-4-10-25)21(23)6-5-18-19(23)7-11-24(2)20(18)8-12-26(24)29-13-14-30-26/h6,15,18-20H,3-5,7-14H2,1-2H3/t18?,19-,20-,23?,24?/m0/s1. The third-order valence-corrected chi connectivity index (χ3v) is 10.4. The number of ether oxygens (including phenoxy) is 2. The fourth-order valence-electron chi connectivity index (χ4n) is 9.12. The second-order valence-corrected chi connectivity index (χ2v) is 11.2. The minimum Gasteiger partial charge on any atom is -0.347 e. The molecule has 1 aliphatic heterocycles. The number of nitrogens with zero attached hydrogens (tertiary/aromatic N) is 1. The second-order valence-electron chi connectivity index (χ2n) is 11.2. The quantitative estimate of drug-likeness (QED) is 0.524. The molecule has 0 bridgehead atoms. The fraction of sp³-hybridized carbons (Fsp3) is 0.769. The zero-order valence-electron chi connectivity index (χ0n) is 18.3. The maximum absolute atomic E-state index is 13.4. The van der Waals surface area contributed by atoms with Crippen LogP contribution in [0.1, 0.15) is 71.6 Å². The third kappa shape index (κ3) is 2.07. The lowest BCUT2D eigenvalue weighted by Gasteiger charge is -2.59. The van der Waals surface area contributed by atoms with Crippen LogP contribution >= 0.6 is 0 Å². The van der Waals surface area contributed by atoms with Crippen LogP contribution in [0.5, 0.6) is 0 Å². The number of hydrogen-bond acceptors (Lipinski definition) is 4. The van der Waals surface area contributed by atoms with Crippen molar-refractivity contribution in [3.8, 4) is 6.07 Å². The maximum Gasteiger partial charge on any atom is 0.183 e. The summed E-state index contributed by atoms with van der Waals surface area (Å²) in [4.78, 5) is 13.4. The molecule has 30 heavy (non-hydrogen) atoms. The molecule has 6 aliphatic rings. The van der Waals surface area contributed by atoms with Gasteiger partial charge in [0.05, 0.1) is 24.2 Å². The molecule has 0 amide bonds. The Balaban J connectivity index is 1.44. The van der Waals surface area contributed by atoms with E-state index in [4.69, 9.17) is 9.47 Å². The average Bonchev–Trinajstić information content (AvgIpc) is 3.47. The maximum atomic E-state index is 13.4. The molecule has 0 aromatic carbocycles. The molecule has 5 atom stereocenters. The van der Waals surface area contributed by atoms with Gasteiger partial charge in [0, 0.05) is 17.3 Å². The summed E-state index contributed by atoms with van der Waals surface area (Å²) < 4.78 is 12.5. The van der Waals surface area contributed by atoms with Crippen LogP contribution in [0.25, 0.3) is 0 Å². The molecule has 0 aromatic heterocycles. The summed E-state index contributed by atoms with van der Waals surface area (Å²) >= 11 is 0. The molecule has 0 aromatic rings. The number of allylic oxidation sites excluding steroid dienone is 4. The highest BCUT2D eigenvalue weighted by Gasteiger charge is 2.68. The Kier molecular flexibility index (Phi) is 3.90. The van der Waals surface area contributed by atoms with Crippen molar-refractivity contribution in [2.45, 2.75) is 77.4 Å². The Labute approximate surface area is 179 Å². The number of ketones is 1. The first-order chi connectivity index (χ1) is 14.4. The van der Waals surface area contributed by atoms with E-state index >= 15 is 0 Å². The third-order valence-electron chi connectivity index (χ3n) is 10.4. The SMILES string of the molecule is CC12C=C(C#N)C(=O)C3(CCCC3)C1=CCC1[C@@H]2CCC2(C)[C@H]1CCC21OCCO1. The van der Waals surface area contributed by atoms with E-state index in [-0.39, 0.29) is 22.4 Å². The Morgan fingerprint density at radius 1 is 1.03 bits per heavy atom. The zero-order valence-corrected chi connectivity index (χ0v) is 18.3. The van der Waals surface area contributed by atoms with Crippen LogP contribution < -0.4 is 0 Å². The van der Waals surface area contributed by atoms with Gasteiger partial charge in [0.15, 0.2) is 11.6 Å². The van der Waals surface area contributed by atoms with Gasteiger partial charge in [-0.05, 0) is 56.3 Å². The molecule has 4 heteroatoms. The van der Waals surface area contributed by atoms with Crippen molar-refractivity contribution in [2.75, 3.05) is 13.2 Å². The summed E-state index contributed by atoms with van der Waals surface area (Å²) in [6.07, 6.45) is 14.1. The lowest BCUT2D eigenvalue weighted by Crippen LogP contribution is -2.56. The van der Waals surface area contributed by atoms with Gasteiger partial charge in [-0.2, -0.15) is 5.26 Å². The smallest absolute Gasteiger partial charge is 0.183 e. The molecule has 6 rings (SSSR count). The Bertz CT molecular complexity index is 898. The normalized spacial score (nSPS) is 45.5. The average molecular weight is 408 g/mol. The molecule has 3 saturated carbocycles. The topological polar surface area (TPSA) is 59.3 Å². The van der Waals surface area contributed by atoms with Crippen LogP contribution in [-0.4, -0.2) is 24.8 Å². The number of carbonyl (C=O) groups is 1. The van der Waals surface area contributed by atoms with Crippen molar-refractivity contribution in [1.29, 1.82) is 5.26 Å². The van der Waals surface area contributed by atoms with Gasteiger partial charge in [0.2, 0.25) is 0 Å². The summed E-state index contributed by atoms with van der Waals surface area (Å²) in [6, 6.07) is 2.30. The molecule has 1 saturated heterocycles. The molecule has 5 aliphatic carbocycles. The van der Waals surface area contributed by atoms with Gasteiger partial charge < -0.3 is 9.47 Å². The summed E-state index contributed by atoms with van der Waals surface area (Å²) in [7, 11) is 0. The van der Waals surface area contributed by atoms with Crippen LogP contribution in [0.2, 0.25) is 0 Å². The first-order valence-electron chi connectivity index (χ1n) is 12.1. The lowest BCUT2D eigenvalue weighted by molar-refractivity contribution is -0.241. The Morgan fingerprint density at radius 3 is 2.43 bits per heavy atom. The van der Waals surface area contributed by atoms with Gasteiger partial charge in [-0.15, -0.1) is 0 Å². The molecule has 1 heterocycles. The Morgan fingerprint density at radius 2 is 1.73 bits per heavy atom. The predicted molar refractivity (Wildman–Crippen MR) is 112 cm³/mol. The first-order valence-corrected chi connectivity index (χ1v) is 12.1. The molecular formula is C26H33NO3. The summed E-state index contributed by atoms with van der Waals surface area (Å²) in [5.74, 6) is 1.39. The Hall–Kier alpha value is -1.44. The van der Waals surface area contributed by atoms with E-state index in [9.17, 15) is 10.1 Å². The van der Waals surface area contributed by atoms with Crippen LogP contribution in [0.4, 0.5) is 0 Å². The van der Waals surface area contributed by atoms with Crippen LogP contribution in [0.15, 0.2) is 23.3 Å². The number of Topliss-reactive ketones (excluding diaryl/α,β-unsaturated/α-hetero) is 1. The number of hydrogen-bond donors (Lipinski definition) is 0. The monoisotopic (exact) mass is 407 g/mol. The molecule has 0 radical (unpaired) electrons. The molecule has 3 unspecified atom stereocenters. The van der Waals surface area contributed by atoms with Crippen molar-refractivity contribution < 1.29 is 14.3 Å². The van der Waals surface area contributed by atoms with Crippen LogP contribution in [0.3, 0.4) is 0 Å². The summed E-state index contributed by atoms with van der Waals surface area (Å²) in [5, 5.41) is 9.84. The van der Waals surface area contributed by atoms with Crippen molar-refractivity contribution in [2.24, 2.45) is 34.0 Å². The molecular weight excluding hydrogens is 374 g/mol. The zero-order chi connectivity index (χ0) is 20.8. The predicted octanol–water partition coefficient (Wildman–Crippen LogP) is 5.10. The number of rotatable bonds is 0. The molecule has 2 spiro atoms. The van der Waals surface area contributed by atoms with Crippen LogP contribution in [-0.2, 0) is 14.3 Å². The number of nitriles is 1. The molecule has 0 N–H and O–H groups in total. The van der Waals surface area contributed by atoms with Crippen molar-refractivity contribution in [3.05, 3.63) is 23.3 Å². The van der Waals surface area contributed by atoms with Gasteiger partial charge in [0.1, 0.15) is 6.07 Å². The van der Waals surface area contributed by atoms with E-state index < -0.39 is 5.41 Å². The highest BCUT2D eigenvalue weighted by molar-refractivity contribution is 6.07. The summed E-state index contributed by atoms with van der Waals surface area (Å²) in [6.45, 7) is 6.19. The van der Waals surface area contributed by atoms with E-state index in [1.807, 2.05) is 0 Å². The first kappa shape index (κ1) is 19.3. The minimum absolute atomic E-state index is 0.0731. The van der Waals surface area contributed by atoms with Gasteiger partial charge in [0.25, 0.3) is 0 Å². The molecule has 4 nitrogen and oxygen atoms in total.